The first kappa shape index (κ1) is 16.6. The number of para-hydroxylation sites is 1. The molecule has 0 spiro atoms. The molecule has 0 fully saturated rings. The van der Waals surface area contributed by atoms with Crippen LogP contribution >= 0.6 is 0 Å². The van der Waals surface area contributed by atoms with Crippen molar-refractivity contribution in [2.75, 3.05) is 5.32 Å². The summed E-state index contributed by atoms with van der Waals surface area (Å²) in [5, 5.41) is 6.89. The van der Waals surface area contributed by atoms with Crippen LogP contribution in [0.15, 0.2) is 83.8 Å². The number of carbonyl (C=O) groups excluding carboxylic acids is 1. The number of carbonyl (C=O) groups is 1. The van der Waals surface area contributed by atoms with E-state index < -0.39 is 0 Å². The Labute approximate surface area is 154 Å². The number of benzene rings is 2. The van der Waals surface area contributed by atoms with E-state index in [1.54, 1.807) is 48.7 Å². The van der Waals surface area contributed by atoms with E-state index in [4.69, 9.17) is 4.74 Å². The lowest BCUT2D eigenvalue weighted by atomic mass is 10.3. The van der Waals surface area contributed by atoms with Gasteiger partial charge in [-0.2, -0.15) is 0 Å². The molecule has 134 valence electrons. The number of nitrogens with one attached hydrogen (secondary N) is 1. The zero-order chi connectivity index (χ0) is 18.6. The molecule has 1 amide bonds. The van der Waals surface area contributed by atoms with Crippen molar-refractivity contribution in [1.82, 2.24) is 14.2 Å². The van der Waals surface area contributed by atoms with Crippen LogP contribution in [0.1, 0.15) is 0 Å². The average Bonchev–Trinajstić information content (AvgIpc) is 3.00. The number of anilines is 1. The van der Waals surface area contributed by atoms with Gasteiger partial charge < -0.3 is 10.1 Å². The molecule has 0 saturated heterocycles. The molecule has 0 aliphatic rings. The second-order valence-electron chi connectivity index (χ2n) is 5.86. The molecule has 2 aromatic carbocycles. The second kappa shape index (κ2) is 7.17. The van der Waals surface area contributed by atoms with E-state index >= 15 is 0 Å². The molecular weight excluding hydrogens is 344 g/mol. The summed E-state index contributed by atoms with van der Waals surface area (Å²) >= 11 is 0. The number of fused-ring (bicyclic) bond motifs is 1. The Morgan fingerprint density at radius 3 is 2.37 bits per heavy atom. The fourth-order valence-electron chi connectivity index (χ4n) is 2.64. The van der Waals surface area contributed by atoms with Crippen molar-refractivity contribution in [2.45, 2.75) is 6.54 Å². The maximum Gasteiger partial charge on any atom is 0.350 e. The van der Waals surface area contributed by atoms with E-state index in [2.05, 4.69) is 10.4 Å². The largest absolute Gasteiger partial charge is 0.457 e. The maximum absolute atomic E-state index is 12.2. The van der Waals surface area contributed by atoms with Crippen LogP contribution in [0.5, 0.6) is 11.5 Å². The highest BCUT2D eigenvalue weighted by atomic mass is 16.5. The zero-order valence-corrected chi connectivity index (χ0v) is 14.3. The molecule has 27 heavy (non-hydrogen) atoms. The van der Waals surface area contributed by atoms with Crippen molar-refractivity contribution in [3.8, 4) is 11.5 Å². The van der Waals surface area contributed by atoms with Crippen LogP contribution in [0.4, 0.5) is 5.69 Å². The van der Waals surface area contributed by atoms with Crippen molar-refractivity contribution >= 4 is 17.2 Å². The summed E-state index contributed by atoms with van der Waals surface area (Å²) in [5.41, 5.74) is 0.752. The predicted octanol–water partition coefficient (Wildman–Crippen LogP) is 2.93. The van der Waals surface area contributed by atoms with Gasteiger partial charge in [-0.1, -0.05) is 24.3 Å². The van der Waals surface area contributed by atoms with Crippen LogP contribution < -0.4 is 15.7 Å². The normalized spacial score (nSPS) is 10.7. The Bertz CT molecular complexity index is 1130. The van der Waals surface area contributed by atoms with Crippen LogP contribution in [-0.4, -0.2) is 20.1 Å². The molecule has 4 rings (SSSR count). The lowest BCUT2D eigenvalue weighted by Gasteiger charge is -2.08. The maximum atomic E-state index is 12.2. The van der Waals surface area contributed by atoms with Gasteiger partial charge in [0.15, 0.2) is 5.65 Å². The monoisotopic (exact) mass is 360 g/mol. The highest BCUT2D eigenvalue weighted by Crippen LogP contribution is 2.22. The second-order valence-corrected chi connectivity index (χ2v) is 5.86. The van der Waals surface area contributed by atoms with Gasteiger partial charge in [0.25, 0.3) is 0 Å². The number of pyridine rings is 1. The van der Waals surface area contributed by atoms with Gasteiger partial charge in [0, 0.05) is 11.9 Å². The summed E-state index contributed by atoms with van der Waals surface area (Å²) in [6.07, 6.45) is 1.62. The van der Waals surface area contributed by atoms with Crippen LogP contribution in [0, 0.1) is 0 Å². The molecule has 7 heteroatoms. The van der Waals surface area contributed by atoms with Gasteiger partial charge >= 0.3 is 5.69 Å². The molecule has 0 atom stereocenters. The molecule has 0 aliphatic carbocycles. The zero-order valence-electron chi connectivity index (χ0n) is 14.3. The first-order valence-corrected chi connectivity index (χ1v) is 8.36. The van der Waals surface area contributed by atoms with E-state index in [1.165, 1.54) is 4.40 Å². The van der Waals surface area contributed by atoms with Gasteiger partial charge in [-0.15, -0.1) is 5.10 Å². The van der Waals surface area contributed by atoms with Gasteiger partial charge in [0.2, 0.25) is 5.91 Å². The van der Waals surface area contributed by atoms with Crippen molar-refractivity contribution in [3.05, 3.63) is 89.5 Å². The molecule has 1 N–H and O–H groups in total. The lowest BCUT2D eigenvalue weighted by Crippen LogP contribution is -2.28. The Morgan fingerprint density at radius 2 is 1.63 bits per heavy atom. The number of hydrogen-bond acceptors (Lipinski definition) is 4. The highest BCUT2D eigenvalue weighted by Gasteiger charge is 2.10. The predicted molar refractivity (Wildman–Crippen MR) is 101 cm³/mol. The molecule has 2 heterocycles. The minimum atomic E-state index is -0.354. The summed E-state index contributed by atoms with van der Waals surface area (Å²) in [6.45, 7) is -0.164. The lowest BCUT2D eigenvalue weighted by molar-refractivity contribution is -0.117. The fourth-order valence-corrected chi connectivity index (χ4v) is 2.64. The van der Waals surface area contributed by atoms with Crippen LogP contribution in [-0.2, 0) is 11.3 Å². The van der Waals surface area contributed by atoms with Crippen LogP contribution in [0.25, 0.3) is 5.65 Å². The van der Waals surface area contributed by atoms with Crippen LogP contribution in [0.3, 0.4) is 0 Å². The van der Waals surface area contributed by atoms with Gasteiger partial charge in [-0.05, 0) is 48.5 Å². The Kier molecular flexibility index (Phi) is 4.40. The van der Waals surface area contributed by atoms with Crippen LogP contribution in [0.2, 0.25) is 0 Å². The highest BCUT2D eigenvalue weighted by molar-refractivity contribution is 5.90. The van der Waals surface area contributed by atoms with Crippen molar-refractivity contribution in [3.63, 3.8) is 0 Å². The summed E-state index contributed by atoms with van der Waals surface area (Å²) in [6, 6.07) is 21.7. The molecule has 4 aromatic rings. The molecule has 2 aromatic heterocycles. The summed E-state index contributed by atoms with van der Waals surface area (Å²) < 4.78 is 8.24. The number of hydrogen-bond donors (Lipinski definition) is 1. The summed E-state index contributed by atoms with van der Waals surface area (Å²) in [5.74, 6) is 1.06. The minimum absolute atomic E-state index is 0.164. The number of nitrogens with zero attached hydrogens (tertiary/aromatic N) is 3. The molecular formula is C20H16N4O3. The number of aromatic nitrogens is 3. The Hall–Kier alpha value is -3.87. The third-order valence-corrected chi connectivity index (χ3v) is 3.90. The van der Waals surface area contributed by atoms with E-state index in [0.29, 0.717) is 17.1 Å². The molecule has 0 unspecified atom stereocenters. The molecule has 0 radical (unpaired) electrons. The van der Waals surface area contributed by atoms with Gasteiger partial charge in [0.1, 0.15) is 18.0 Å². The van der Waals surface area contributed by atoms with Gasteiger partial charge in [0.05, 0.1) is 0 Å². The summed E-state index contributed by atoms with van der Waals surface area (Å²) in [4.78, 5) is 24.4. The van der Waals surface area contributed by atoms with E-state index in [1.807, 2.05) is 30.3 Å². The van der Waals surface area contributed by atoms with E-state index in [-0.39, 0.29) is 18.1 Å². The van der Waals surface area contributed by atoms with Gasteiger partial charge in [-0.3, -0.25) is 9.20 Å². The molecule has 0 saturated carbocycles. The smallest absolute Gasteiger partial charge is 0.350 e. The number of amides is 1. The third kappa shape index (κ3) is 3.72. The average molecular weight is 360 g/mol. The van der Waals surface area contributed by atoms with E-state index in [9.17, 15) is 9.59 Å². The first-order chi connectivity index (χ1) is 13.2. The quantitative estimate of drug-likeness (QED) is 0.594. The minimum Gasteiger partial charge on any atom is -0.457 e. The van der Waals surface area contributed by atoms with Crippen molar-refractivity contribution < 1.29 is 9.53 Å². The fraction of sp³-hybridized carbons (Fsp3) is 0.0500. The van der Waals surface area contributed by atoms with Crippen molar-refractivity contribution in [1.29, 1.82) is 0 Å². The topological polar surface area (TPSA) is 77.6 Å². The first-order valence-electron chi connectivity index (χ1n) is 8.36. The number of rotatable bonds is 5. The standard InChI is InChI=1S/C20H16N4O3/c25-19(14-24-20(26)23-13-5-4-8-18(23)22-24)21-15-9-11-17(12-10-15)27-16-6-2-1-3-7-16/h1-13H,14H2,(H,21,25). The SMILES string of the molecule is O=C(Cn1nc2ccccn2c1=O)Nc1ccc(Oc2ccccc2)cc1. The molecule has 7 nitrogen and oxygen atoms in total. The third-order valence-electron chi connectivity index (χ3n) is 3.90. The molecule has 0 bridgehead atoms. The van der Waals surface area contributed by atoms with E-state index in [0.717, 1.165) is 10.4 Å². The Morgan fingerprint density at radius 1 is 0.926 bits per heavy atom. The number of ether oxygens (including phenoxy) is 1. The Balaban J connectivity index is 1.42. The van der Waals surface area contributed by atoms with Crippen molar-refractivity contribution in [2.24, 2.45) is 0 Å². The summed E-state index contributed by atoms with van der Waals surface area (Å²) in [7, 11) is 0. The van der Waals surface area contributed by atoms with Gasteiger partial charge in [-0.25, -0.2) is 9.48 Å². The molecule has 0 aliphatic heterocycles.